The monoisotopic (exact) mass is 296 g/mol. The van der Waals surface area contributed by atoms with Crippen LogP contribution in [0.15, 0.2) is 30.3 Å². The van der Waals surface area contributed by atoms with E-state index in [9.17, 15) is 13.2 Å². The molecule has 2 rings (SSSR count). The summed E-state index contributed by atoms with van der Waals surface area (Å²) in [5, 5.41) is 0. The maximum absolute atomic E-state index is 12.7. The first kappa shape index (κ1) is 15.0. The number of rotatable bonds is 4. The summed E-state index contributed by atoms with van der Waals surface area (Å²) in [6.45, 7) is 1.42. The summed E-state index contributed by atoms with van der Waals surface area (Å²) in [6.07, 6.45) is 3.09. The number of carbonyl (C=O) groups excluding carboxylic acids is 1. The van der Waals surface area contributed by atoms with Gasteiger partial charge in [-0.2, -0.15) is 4.31 Å². The summed E-state index contributed by atoms with van der Waals surface area (Å²) in [5.74, 6) is -0.137. The predicted octanol–water partition coefficient (Wildman–Crippen LogP) is 1.24. The smallest absolute Gasteiger partial charge is 0.245 e. The number of hydrogen-bond donors (Lipinski definition) is 0. The lowest BCUT2D eigenvalue weighted by molar-refractivity contribution is -0.134. The lowest BCUT2D eigenvalue weighted by atomic mass is 10.1. The number of sulfonamides is 1. The Labute approximate surface area is 120 Å². The fraction of sp³-hybridized carbons (Fsp3) is 0.500. The predicted molar refractivity (Wildman–Crippen MR) is 77.6 cm³/mol. The van der Waals surface area contributed by atoms with Gasteiger partial charge in [0.25, 0.3) is 0 Å². The Hall–Kier alpha value is -1.40. The summed E-state index contributed by atoms with van der Waals surface area (Å²) < 4.78 is 24.8. The van der Waals surface area contributed by atoms with Crippen LogP contribution >= 0.6 is 0 Å². The minimum absolute atomic E-state index is 0.137. The maximum atomic E-state index is 12.7. The van der Waals surface area contributed by atoms with Crippen molar-refractivity contribution in [3.63, 3.8) is 0 Å². The van der Waals surface area contributed by atoms with Crippen molar-refractivity contribution in [2.45, 2.75) is 18.9 Å². The molecular formula is C14H20N2O3S. The molecule has 1 aliphatic heterocycles. The van der Waals surface area contributed by atoms with Crippen LogP contribution in [0.4, 0.5) is 0 Å². The van der Waals surface area contributed by atoms with Gasteiger partial charge in [0.2, 0.25) is 15.9 Å². The topological polar surface area (TPSA) is 57.7 Å². The number of benzene rings is 1. The second-order valence-electron chi connectivity index (χ2n) is 5.12. The third-order valence-corrected chi connectivity index (χ3v) is 4.91. The van der Waals surface area contributed by atoms with Gasteiger partial charge in [-0.15, -0.1) is 0 Å². The molecule has 0 radical (unpaired) electrons. The van der Waals surface area contributed by atoms with Crippen LogP contribution in [0.25, 0.3) is 0 Å². The molecule has 6 heteroatoms. The summed E-state index contributed by atoms with van der Waals surface area (Å²) in [6, 6.07) is 8.29. The lowest BCUT2D eigenvalue weighted by Crippen LogP contribution is -2.42. The van der Waals surface area contributed by atoms with Gasteiger partial charge in [0, 0.05) is 20.1 Å². The van der Waals surface area contributed by atoms with Crippen molar-refractivity contribution in [2.24, 2.45) is 0 Å². The molecule has 0 spiro atoms. The van der Waals surface area contributed by atoms with Crippen LogP contribution in [0, 0.1) is 0 Å². The van der Waals surface area contributed by atoms with Crippen LogP contribution < -0.4 is 0 Å². The van der Waals surface area contributed by atoms with E-state index in [1.165, 1.54) is 7.05 Å². The molecule has 0 aliphatic carbocycles. The minimum Gasteiger partial charge on any atom is -0.341 e. The third-order valence-electron chi connectivity index (χ3n) is 3.65. The van der Waals surface area contributed by atoms with E-state index in [-0.39, 0.29) is 5.91 Å². The highest BCUT2D eigenvalue weighted by Gasteiger charge is 2.34. The van der Waals surface area contributed by atoms with Crippen molar-refractivity contribution >= 4 is 15.9 Å². The Bertz CT molecular complexity index is 565. The van der Waals surface area contributed by atoms with Crippen LogP contribution in [0.1, 0.15) is 24.4 Å². The molecule has 20 heavy (non-hydrogen) atoms. The fourth-order valence-corrected chi connectivity index (χ4v) is 3.04. The molecule has 1 heterocycles. The van der Waals surface area contributed by atoms with Crippen LogP contribution in [0.5, 0.6) is 0 Å². The zero-order chi connectivity index (χ0) is 14.8. The first-order valence-electron chi connectivity index (χ1n) is 6.68. The number of amides is 1. The minimum atomic E-state index is -3.44. The highest BCUT2D eigenvalue weighted by molar-refractivity contribution is 7.88. The first-order chi connectivity index (χ1) is 9.41. The van der Waals surface area contributed by atoms with Crippen LogP contribution in [0.3, 0.4) is 0 Å². The first-order valence-corrected chi connectivity index (χ1v) is 8.53. The lowest BCUT2D eigenvalue weighted by Gasteiger charge is -2.29. The van der Waals surface area contributed by atoms with Gasteiger partial charge in [-0.3, -0.25) is 4.79 Å². The van der Waals surface area contributed by atoms with Gasteiger partial charge in [0.1, 0.15) is 6.04 Å². The quantitative estimate of drug-likeness (QED) is 0.840. The number of carbonyl (C=O) groups is 1. The van der Waals surface area contributed by atoms with E-state index in [1.807, 2.05) is 18.2 Å². The zero-order valence-corrected chi connectivity index (χ0v) is 12.6. The van der Waals surface area contributed by atoms with E-state index in [0.717, 1.165) is 23.4 Å². The Balaban J connectivity index is 2.36. The van der Waals surface area contributed by atoms with Gasteiger partial charge < -0.3 is 4.90 Å². The average molecular weight is 296 g/mol. The normalized spacial score (nSPS) is 17.4. The molecule has 0 N–H and O–H groups in total. The molecule has 1 amide bonds. The Kier molecular flexibility index (Phi) is 4.45. The Morgan fingerprint density at radius 2 is 1.75 bits per heavy atom. The SMILES string of the molecule is CN([C@@H](C(=O)N1CCCC1)c1ccccc1)S(C)(=O)=O. The highest BCUT2D eigenvalue weighted by Crippen LogP contribution is 2.25. The van der Waals surface area contributed by atoms with E-state index in [4.69, 9.17) is 0 Å². The fourth-order valence-electron chi connectivity index (χ4n) is 2.45. The van der Waals surface area contributed by atoms with Crippen molar-refractivity contribution in [1.29, 1.82) is 0 Å². The molecular weight excluding hydrogens is 276 g/mol. The van der Waals surface area contributed by atoms with Crippen molar-refractivity contribution in [3.05, 3.63) is 35.9 Å². The van der Waals surface area contributed by atoms with E-state index >= 15 is 0 Å². The molecule has 1 fully saturated rings. The van der Waals surface area contributed by atoms with Gasteiger partial charge in [-0.25, -0.2) is 8.42 Å². The number of likely N-dealkylation sites (N-methyl/N-ethyl adjacent to an activating group) is 1. The largest absolute Gasteiger partial charge is 0.341 e. The van der Waals surface area contributed by atoms with Gasteiger partial charge in [-0.1, -0.05) is 30.3 Å². The highest BCUT2D eigenvalue weighted by atomic mass is 32.2. The molecule has 110 valence electrons. The van der Waals surface area contributed by atoms with Gasteiger partial charge >= 0.3 is 0 Å². The molecule has 1 saturated heterocycles. The van der Waals surface area contributed by atoms with E-state index in [1.54, 1.807) is 17.0 Å². The molecule has 1 aliphatic rings. The Morgan fingerprint density at radius 1 is 1.20 bits per heavy atom. The summed E-state index contributed by atoms with van der Waals surface area (Å²) >= 11 is 0. The van der Waals surface area contributed by atoms with Crippen molar-refractivity contribution < 1.29 is 13.2 Å². The Morgan fingerprint density at radius 3 is 2.25 bits per heavy atom. The van der Waals surface area contributed by atoms with Gasteiger partial charge in [0.05, 0.1) is 6.26 Å². The molecule has 1 atom stereocenters. The molecule has 0 saturated carbocycles. The molecule has 0 bridgehead atoms. The molecule has 1 aromatic rings. The third kappa shape index (κ3) is 3.19. The van der Waals surface area contributed by atoms with E-state index in [0.29, 0.717) is 18.7 Å². The standard InChI is InChI=1S/C14H20N2O3S/c1-15(20(2,18)19)13(12-8-4-3-5-9-12)14(17)16-10-6-7-11-16/h3-5,8-9,13H,6-7,10-11H2,1-2H3/t13-/m1/s1. The number of nitrogens with zero attached hydrogens (tertiary/aromatic N) is 2. The van der Waals surface area contributed by atoms with E-state index in [2.05, 4.69) is 0 Å². The summed E-state index contributed by atoms with van der Waals surface area (Å²) in [4.78, 5) is 14.4. The van der Waals surface area contributed by atoms with Crippen molar-refractivity contribution in [3.8, 4) is 0 Å². The molecule has 0 unspecified atom stereocenters. The van der Waals surface area contributed by atoms with Crippen LogP contribution in [0.2, 0.25) is 0 Å². The van der Waals surface area contributed by atoms with Gasteiger partial charge in [0.15, 0.2) is 0 Å². The molecule has 1 aromatic carbocycles. The zero-order valence-electron chi connectivity index (χ0n) is 11.8. The van der Waals surface area contributed by atoms with Crippen LogP contribution in [-0.2, 0) is 14.8 Å². The number of likely N-dealkylation sites (tertiary alicyclic amines) is 1. The van der Waals surface area contributed by atoms with Crippen LogP contribution in [-0.4, -0.2) is 49.9 Å². The second kappa shape index (κ2) is 5.93. The molecule has 0 aromatic heterocycles. The average Bonchev–Trinajstić information content (AvgIpc) is 2.93. The molecule has 5 nitrogen and oxygen atoms in total. The number of hydrogen-bond acceptors (Lipinski definition) is 3. The van der Waals surface area contributed by atoms with Crippen molar-refractivity contribution in [2.75, 3.05) is 26.4 Å². The second-order valence-corrected chi connectivity index (χ2v) is 7.17. The van der Waals surface area contributed by atoms with Crippen molar-refractivity contribution in [1.82, 2.24) is 9.21 Å². The summed E-state index contributed by atoms with van der Waals surface area (Å²) in [7, 11) is -1.98. The van der Waals surface area contributed by atoms with E-state index < -0.39 is 16.1 Å². The maximum Gasteiger partial charge on any atom is 0.245 e. The summed E-state index contributed by atoms with van der Waals surface area (Å²) in [5.41, 5.74) is 0.706. The van der Waals surface area contributed by atoms with Gasteiger partial charge in [-0.05, 0) is 18.4 Å².